The Kier molecular flexibility index (Phi) is 2.67. The maximum atomic E-state index is 13.2. The van der Waals surface area contributed by atoms with Crippen molar-refractivity contribution in [3.05, 3.63) is 41.7 Å². The van der Waals surface area contributed by atoms with E-state index in [1.54, 1.807) is 0 Å². The van der Waals surface area contributed by atoms with Crippen LogP contribution in [0.2, 0.25) is 0 Å². The summed E-state index contributed by atoms with van der Waals surface area (Å²) in [4.78, 5) is 36.6. The molecule has 102 valence electrons. The lowest BCUT2D eigenvalue weighted by molar-refractivity contribution is -0.136. The van der Waals surface area contributed by atoms with Gasteiger partial charge in [0.15, 0.2) is 0 Å². The van der Waals surface area contributed by atoms with Crippen molar-refractivity contribution in [2.75, 3.05) is 0 Å². The summed E-state index contributed by atoms with van der Waals surface area (Å²) in [6, 6.07) is 3.07. The summed E-state index contributed by atoms with van der Waals surface area (Å²) >= 11 is 0. The minimum Gasteiger partial charge on any atom is -0.296 e. The van der Waals surface area contributed by atoms with E-state index in [0.717, 1.165) is 6.07 Å². The van der Waals surface area contributed by atoms with Gasteiger partial charge in [-0.25, -0.2) is 4.39 Å². The Morgan fingerprint density at radius 2 is 2.00 bits per heavy atom. The Morgan fingerprint density at radius 3 is 2.70 bits per heavy atom. The molecule has 0 spiro atoms. The normalized spacial score (nSPS) is 22.1. The average molecular weight is 274 g/mol. The van der Waals surface area contributed by atoms with Crippen LogP contribution in [0.25, 0.3) is 5.70 Å². The van der Waals surface area contributed by atoms with Gasteiger partial charge in [-0.05, 0) is 24.6 Å². The number of rotatable bonds is 1. The van der Waals surface area contributed by atoms with Crippen molar-refractivity contribution in [1.82, 2.24) is 10.2 Å². The largest absolute Gasteiger partial charge is 0.296 e. The third-order valence-corrected chi connectivity index (χ3v) is 3.55. The molecule has 0 radical (unpaired) electrons. The first kappa shape index (κ1) is 12.5. The van der Waals surface area contributed by atoms with Crippen LogP contribution in [0.5, 0.6) is 0 Å². The number of amides is 3. The van der Waals surface area contributed by atoms with Crippen LogP contribution in [-0.2, 0) is 9.59 Å². The molecule has 20 heavy (non-hydrogen) atoms. The molecule has 2 heterocycles. The van der Waals surface area contributed by atoms with Crippen molar-refractivity contribution in [3.8, 4) is 0 Å². The lowest BCUT2D eigenvalue weighted by Crippen LogP contribution is -2.52. The second kappa shape index (κ2) is 4.26. The van der Waals surface area contributed by atoms with Gasteiger partial charge in [-0.1, -0.05) is 6.58 Å². The predicted molar refractivity (Wildman–Crippen MR) is 67.8 cm³/mol. The first-order valence-corrected chi connectivity index (χ1v) is 6.15. The van der Waals surface area contributed by atoms with Gasteiger partial charge in [0.25, 0.3) is 5.91 Å². The van der Waals surface area contributed by atoms with Gasteiger partial charge >= 0.3 is 0 Å². The summed E-state index contributed by atoms with van der Waals surface area (Å²) in [6.07, 6.45) is 0.407. The van der Waals surface area contributed by atoms with Crippen molar-refractivity contribution in [1.29, 1.82) is 0 Å². The predicted octanol–water partition coefficient (Wildman–Crippen LogP) is 1.06. The fourth-order valence-corrected chi connectivity index (χ4v) is 2.59. The Balaban J connectivity index is 1.97. The van der Waals surface area contributed by atoms with Crippen molar-refractivity contribution in [2.24, 2.45) is 0 Å². The maximum absolute atomic E-state index is 13.2. The van der Waals surface area contributed by atoms with Gasteiger partial charge < -0.3 is 0 Å². The topological polar surface area (TPSA) is 66.5 Å². The van der Waals surface area contributed by atoms with E-state index in [0.29, 0.717) is 11.3 Å². The number of piperidine rings is 1. The molecule has 6 heteroatoms. The number of halogens is 1. The number of carbonyl (C=O) groups is 3. The number of nitrogens with zero attached hydrogens (tertiary/aromatic N) is 1. The van der Waals surface area contributed by atoms with Gasteiger partial charge in [0.2, 0.25) is 11.8 Å². The third-order valence-electron chi connectivity index (χ3n) is 3.55. The van der Waals surface area contributed by atoms with E-state index < -0.39 is 23.7 Å². The van der Waals surface area contributed by atoms with Crippen LogP contribution in [0.15, 0.2) is 24.8 Å². The minimum atomic E-state index is -0.775. The molecule has 1 fully saturated rings. The Bertz CT molecular complexity index is 668. The molecule has 1 atom stereocenters. The molecule has 0 saturated carbocycles. The van der Waals surface area contributed by atoms with Crippen LogP contribution in [0.1, 0.15) is 28.8 Å². The summed E-state index contributed by atoms with van der Waals surface area (Å²) in [7, 11) is 0. The highest BCUT2D eigenvalue weighted by Gasteiger charge is 2.41. The molecule has 1 N–H and O–H groups in total. The van der Waals surface area contributed by atoms with E-state index in [4.69, 9.17) is 0 Å². The summed E-state index contributed by atoms with van der Waals surface area (Å²) in [6.45, 7) is 3.80. The highest BCUT2D eigenvalue weighted by molar-refractivity contribution is 6.12. The van der Waals surface area contributed by atoms with Crippen molar-refractivity contribution in [3.63, 3.8) is 0 Å². The molecule has 2 aliphatic heterocycles. The van der Waals surface area contributed by atoms with E-state index in [9.17, 15) is 18.8 Å². The second-order valence-corrected chi connectivity index (χ2v) is 4.78. The van der Waals surface area contributed by atoms with Crippen molar-refractivity contribution < 1.29 is 18.8 Å². The van der Waals surface area contributed by atoms with Gasteiger partial charge in [0, 0.05) is 17.7 Å². The summed E-state index contributed by atoms with van der Waals surface area (Å²) in [5.74, 6) is -1.86. The highest BCUT2D eigenvalue weighted by atomic mass is 19.1. The molecule has 2 aliphatic rings. The Hall–Kier alpha value is -2.50. The monoisotopic (exact) mass is 274 g/mol. The summed E-state index contributed by atoms with van der Waals surface area (Å²) < 4.78 is 13.2. The van der Waals surface area contributed by atoms with Crippen LogP contribution in [0, 0.1) is 5.82 Å². The molecule has 3 rings (SSSR count). The van der Waals surface area contributed by atoms with Crippen molar-refractivity contribution in [2.45, 2.75) is 18.9 Å². The van der Waals surface area contributed by atoms with Crippen molar-refractivity contribution >= 4 is 23.4 Å². The lowest BCUT2D eigenvalue weighted by atomic mass is 10.0. The van der Waals surface area contributed by atoms with Gasteiger partial charge in [0.05, 0.1) is 5.56 Å². The fraction of sp³-hybridized carbons (Fsp3) is 0.214. The summed E-state index contributed by atoms with van der Waals surface area (Å²) in [5, 5.41) is 2.20. The molecule has 1 saturated heterocycles. The van der Waals surface area contributed by atoms with E-state index >= 15 is 0 Å². The number of fused-ring (bicyclic) bond motifs is 1. The van der Waals surface area contributed by atoms with E-state index in [2.05, 4.69) is 11.9 Å². The maximum Gasteiger partial charge on any atom is 0.259 e. The zero-order valence-electron chi connectivity index (χ0n) is 10.5. The van der Waals surface area contributed by atoms with E-state index in [-0.39, 0.29) is 24.3 Å². The number of benzene rings is 1. The molecule has 0 bridgehead atoms. The highest BCUT2D eigenvalue weighted by Crippen LogP contribution is 2.35. The molecular formula is C14H11FN2O3. The van der Waals surface area contributed by atoms with Gasteiger partial charge in [-0.15, -0.1) is 0 Å². The molecule has 5 nitrogen and oxygen atoms in total. The SMILES string of the molecule is C=C1c2ccc(F)cc2C(=O)N1C1CCC(=O)NC1=O. The van der Waals surface area contributed by atoms with Crippen LogP contribution in [0.3, 0.4) is 0 Å². The Morgan fingerprint density at radius 1 is 1.25 bits per heavy atom. The van der Waals surface area contributed by atoms with Crippen LogP contribution < -0.4 is 5.32 Å². The van der Waals surface area contributed by atoms with Crippen LogP contribution in [0.4, 0.5) is 4.39 Å². The fourth-order valence-electron chi connectivity index (χ4n) is 2.59. The Labute approximate surface area is 114 Å². The quantitative estimate of drug-likeness (QED) is 0.779. The first-order chi connectivity index (χ1) is 9.49. The number of carbonyl (C=O) groups excluding carboxylic acids is 3. The second-order valence-electron chi connectivity index (χ2n) is 4.78. The van der Waals surface area contributed by atoms with Crippen LogP contribution in [-0.4, -0.2) is 28.7 Å². The van der Waals surface area contributed by atoms with Gasteiger partial charge in [-0.3, -0.25) is 24.6 Å². The number of imide groups is 1. The molecule has 1 unspecified atom stereocenters. The van der Waals surface area contributed by atoms with Gasteiger partial charge in [-0.2, -0.15) is 0 Å². The molecule has 0 aliphatic carbocycles. The lowest BCUT2D eigenvalue weighted by Gasteiger charge is -2.30. The molecule has 1 aromatic rings. The summed E-state index contributed by atoms with van der Waals surface area (Å²) in [5.41, 5.74) is 1.07. The zero-order chi connectivity index (χ0) is 14.4. The van der Waals surface area contributed by atoms with E-state index in [1.165, 1.54) is 17.0 Å². The number of hydrogen-bond donors (Lipinski definition) is 1. The zero-order valence-corrected chi connectivity index (χ0v) is 10.5. The van der Waals surface area contributed by atoms with Crippen LogP contribution >= 0.6 is 0 Å². The molecular weight excluding hydrogens is 263 g/mol. The molecule has 0 aromatic heterocycles. The standard InChI is InChI=1S/C14H11FN2O3/c1-7-9-3-2-8(15)6-10(9)14(20)17(7)11-4-5-12(18)16-13(11)19/h2-3,6,11H,1,4-5H2,(H,16,18,19). The number of nitrogens with one attached hydrogen (secondary N) is 1. The minimum absolute atomic E-state index is 0.165. The smallest absolute Gasteiger partial charge is 0.259 e. The van der Waals surface area contributed by atoms with Gasteiger partial charge in [0.1, 0.15) is 11.9 Å². The first-order valence-electron chi connectivity index (χ1n) is 6.15. The third kappa shape index (κ3) is 1.72. The average Bonchev–Trinajstić information content (AvgIpc) is 2.63. The molecule has 3 amide bonds. The van der Waals surface area contributed by atoms with E-state index in [1.807, 2.05) is 0 Å². The molecule has 1 aromatic carbocycles. The number of hydrogen-bond acceptors (Lipinski definition) is 3.